The summed E-state index contributed by atoms with van der Waals surface area (Å²) in [4.78, 5) is 16.0. The molecular formula is C51H31N3O. The molecule has 4 heteroatoms. The Labute approximate surface area is 317 Å². The van der Waals surface area contributed by atoms with E-state index in [1.54, 1.807) is 0 Å². The molecule has 0 N–H and O–H groups in total. The fourth-order valence-corrected chi connectivity index (χ4v) is 9.15. The van der Waals surface area contributed by atoms with Crippen molar-refractivity contribution in [1.82, 2.24) is 15.0 Å². The van der Waals surface area contributed by atoms with Crippen LogP contribution in [0, 0.1) is 0 Å². The molecule has 0 fully saturated rings. The lowest BCUT2D eigenvalue weighted by Gasteiger charge is -2.34. The summed E-state index contributed by atoms with van der Waals surface area (Å²) in [5.41, 5.74) is 15.2. The second kappa shape index (κ2) is 11.7. The average molecular weight is 702 g/mol. The van der Waals surface area contributed by atoms with Gasteiger partial charge in [-0.05, 0) is 68.6 Å². The molecule has 0 spiro atoms. The monoisotopic (exact) mass is 701 g/mol. The second-order valence-electron chi connectivity index (χ2n) is 14.6. The van der Waals surface area contributed by atoms with Gasteiger partial charge < -0.3 is 4.42 Å². The number of fused-ring (bicyclic) bond motifs is 6. The zero-order valence-electron chi connectivity index (χ0n) is 29.7. The molecule has 9 aromatic rings. The summed E-state index contributed by atoms with van der Waals surface area (Å²) in [5.74, 6) is 0.958. The van der Waals surface area contributed by atoms with Gasteiger partial charge >= 0.3 is 0 Å². The van der Waals surface area contributed by atoms with Gasteiger partial charge in [0, 0.05) is 38.9 Å². The first kappa shape index (κ1) is 30.3. The van der Waals surface area contributed by atoms with E-state index in [2.05, 4.69) is 152 Å². The number of para-hydroxylation sites is 1. The van der Waals surface area contributed by atoms with Gasteiger partial charge in [-0.3, -0.25) is 0 Å². The Morgan fingerprint density at radius 3 is 2.13 bits per heavy atom. The van der Waals surface area contributed by atoms with E-state index in [0.717, 1.165) is 83.7 Å². The molecule has 0 amide bonds. The Morgan fingerprint density at radius 2 is 1.25 bits per heavy atom. The number of nitrogens with zero attached hydrogens (tertiary/aromatic N) is 3. The first-order valence-electron chi connectivity index (χ1n) is 18.9. The molecule has 0 radical (unpaired) electrons. The van der Waals surface area contributed by atoms with E-state index >= 15 is 0 Å². The molecule has 3 aromatic heterocycles. The summed E-state index contributed by atoms with van der Waals surface area (Å²) < 4.78 is 6.38. The normalized spacial score (nSPS) is 15.5. The van der Waals surface area contributed by atoms with Gasteiger partial charge in [0.05, 0.1) is 22.5 Å². The quantitative estimate of drug-likeness (QED) is 0.183. The highest BCUT2D eigenvalue weighted by Gasteiger charge is 2.32. The molecule has 4 nitrogen and oxygen atoms in total. The van der Waals surface area contributed by atoms with Crippen LogP contribution in [0.25, 0.3) is 94.8 Å². The zero-order valence-corrected chi connectivity index (χ0v) is 29.7. The lowest BCUT2D eigenvalue weighted by Crippen LogP contribution is -2.18. The highest BCUT2D eigenvalue weighted by molar-refractivity contribution is 6.21. The van der Waals surface area contributed by atoms with Crippen molar-refractivity contribution in [2.45, 2.75) is 12.3 Å². The smallest absolute Gasteiger partial charge is 0.228 e. The van der Waals surface area contributed by atoms with Crippen LogP contribution in [0.1, 0.15) is 22.6 Å². The third-order valence-corrected chi connectivity index (χ3v) is 11.6. The minimum Gasteiger partial charge on any atom is -0.438 e. The first-order chi connectivity index (χ1) is 27.3. The van der Waals surface area contributed by atoms with Crippen LogP contribution in [0.5, 0.6) is 0 Å². The molecule has 1 unspecified atom stereocenters. The molecule has 0 saturated carbocycles. The van der Waals surface area contributed by atoms with Crippen molar-refractivity contribution in [3.05, 3.63) is 192 Å². The fraction of sp³-hybridized carbons (Fsp3) is 0.0392. The highest BCUT2D eigenvalue weighted by atomic mass is 16.3. The highest BCUT2D eigenvalue weighted by Crippen LogP contribution is 2.49. The molecule has 3 aliphatic rings. The van der Waals surface area contributed by atoms with Crippen LogP contribution in [0.15, 0.2) is 179 Å². The van der Waals surface area contributed by atoms with Gasteiger partial charge in [-0.15, -0.1) is 0 Å². The third-order valence-electron chi connectivity index (χ3n) is 11.6. The van der Waals surface area contributed by atoms with Gasteiger partial charge in [0.25, 0.3) is 0 Å². The van der Waals surface area contributed by atoms with E-state index in [0.29, 0.717) is 11.5 Å². The van der Waals surface area contributed by atoms with Crippen LogP contribution in [0.4, 0.5) is 0 Å². The molecule has 0 aliphatic heterocycles. The molecule has 256 valence electrons. The van der Waals surface area contributed by atoms with E-state index < -0.39 is 0 Å². The largest absolute Gasteiger partial charge is 0.438 e. The van der Waals surface area contributed by atoms with Gasteiger partial charge in [0.15, 0.2) is 5.82 Å². The van der Waals surface area contributed by atoms with Crippen LogP contribution in [-0.4, -0.2) is 15.0 Å². The van der Waals surface area contributed by atoms with E-state index in [9.17, 15) is 0 Å². The van der Waals surface area contributed by atoms with Crippen LogP contribution in [0.2, 0.25) is 0 Å². The Morgan fingerprint density at radius 1 is 0.545 bits per heavy atom. The maximum Gasteiger partial charge on any atom is 0.228 e. The minimum absolute atomic E-state index is 0.267. The van der Waals surface area contributed by atoms with E-state index in [1.165, 1.54) is 27.8 Å². The van der Waals surface area contributed by atoms with Crippen molar-refractivity contribution >= 4 is 49.7 Å². The molecule has 0 bridgehead atoms. The fourth-order valence-electron chi connectivity index (χ4n) is 9.15. The summed E-state index contributed by atoms with van der Waals surface area (Å²) in [6.45, 7) is 0. The van der Waals surface area contributed by atoms with Crippen LogP contribution in [-0.2, 0) is 6.42 Å². The Kier molecular flexibility index (Phi) is 6.43. The molecule has 3 heterocycles. The van der Waals surface area contributed by atoms with Gasteiger partial charge in [0.2, 0.25) is 5.71 Å². The number of rotatable bonds is 4. The summed E-state index contributed by atoms with van der Waals surface area (Å²) in [6.07, 6.45) is 14.6. The van der Waals surface area contributed by atoms with Crippen molar-refractivity contribution in [2.24, 2.45) is 0 Å². The molecule has 0 saturated heterocycles. The van der Waals surface area contributed by atoms with Crippen LogP contribution >= 0.6 is 0 Å². The summed E-state index contributed by atoms with van der Waals surface area (Å²) in [5, 5.41) is 6.48. The molecule has 55 heavy (non-hydrogen) atoms. The second-order valence-corrected chi connectivity index (χ2v) is 14.6. The van der Waals surface area contributed by atoms with Gasteiger partial charge in [0.1, 0.15) is 5.58 Å². The lowest BCUT2D eigenvalue weighted by molar-refractivity contribution is 0.655. The maximum atomic E-state index is 6.38. The van der Waals surface area contributed by atoms with Crippen molar-refractivity contribution < 1.29 is 4.42 Å². The van der Waals surface area contributed by atoms with Crippen molar-refractivity contribution in [1.29, 1.82) is 0 Å². The third kappa shape index (κ3) is 4.55. The minimum atomic E-state index is 0.267. The number of furan rings is 1. The van der Waals surface area contributed by atoms with E-state index in [4.69, 9.17) is 19.4 Å². The summed E-state index contributed by atoms with van der Waals surface area (Å²) in [6, 6.07) is 46.8. The number of pyridine rings is 1. The number of hydrogen-bond acceptors (Lipinski definition) is 4. The van der Waals surface area contributed by atoms with Crippen LogP contribution < -0.4 is 0 Å². The molecule has 6 aromatic carbocycles. The number of benzene rings is 6. The predicted molar refractivity (Wildman–Crippen MR) is 225 cm³/mol. The van der Waals surface area contributed by atoms with E-state index in [-0.39, 0.29) is 5.92 Å². The first-order valence-corrected chi connectivity index (χ1v) is 18.9. The summed E-state index contributed by atoms with van der Waals surface area (Å²) in [7, 11) is 0. The lowest BCUT2D eigenvalue weighted by atomic mass is 9.70. The predicted octanol–water partition coefficient (Wildman–Crippen LogP) is 12.8. The summed E-state index contributed by atoms with van der Waals surface area (Å²) >= 11 is 0. The molecular weight excluding hydrogens is 671 g/mol. The maximum absolute atomic E-state index is 6.38. The van der Waals surface area contributed by atoms with Crippen molar-refractivity contribution in [2.75, 3.05) is 0 Å². The Bertz CT molecular complexity index is 3230. The van der Waals surface area contributed by atoms with Gasteiger partial charge in [-0.1, -0.05) is 152 Å². The van der Waals surface area contributed by atoms with Gasteiger partial charge in [-0.2, -0.15) is 0 Å². The topological polar surface area (TPSA) is 51.8 Å². The number of aromatic nitrogens is 3. The zero-order chi connectivity index (χ0) is 36.0. The van der Waals surface area contributed by atoms with Crippen LogP contribution in [0.3, 0.4) is 0 Å². The van der Waals surface area contributed by atoms with Crippen molar-refractivity contribution in [3.63, 3.8) is 0 Å². The standard InChI is InChI=1S/C51H31N3O/c1-2-11-30(12-3-1)43-29-44(36-25-23-33-22-21-31-13-10-14-32-24-26-38(36)47(33)46(31)32)53-50(52-43)41-28-27-40(34-15-4-5-16-35(34)41)49-39-18-7-6-17-37(39)48-42-19-8-9-20-45(42)55-51(48)54-49/h1-21,23-29,46H,22H2. The average Bonchev–Trinajstić information content (AvgIpc) is 3.64. The molecule has 3 aliphatic carbocycles. The number of hydrogen-bond donors (Lipinski definition) is 0. The molecule has 12 rings (SSSR count). The molecule has 1 atom stereocenters. The number of allylic oxidation sites excluding steroid dienone is 7. The van der Waals surface area contributed by atoms with E-state index in [1.807, 2.05) is 18.2 Å². The Hall–Kier alpha value is -7.17. The van der Waals surface area contributed by atoms with Gasteiger partial charge in [-0.25, -0.2) is 15.0 Å². The Balaban J connectivity index is 1.08. The SMILES string of the molecule is C1=CC2=CCc3ccc(-c4cc(-c5ccccc5)nc(-c5ccc(-c6nc7oc8ccccc8c7c7ccccc67)c6ccccc56)n4)c4c3C2C(=C1)C=C4. The van der Waals surface area contributed by atoms with Crippen molar-refractivity contribution in [3.8, 4) is 45.2 Å².